The van der Waals surface area contributed by atoms with E-state index < -0.39 is 91.8 Å². The average molecular weight is 619 g/mol. The fraction of sp³-hybridized carbons (Fsp3) is 0.0444. The molecule has 2 nitrogen and oxygen atoms in total. The SMILES string of the molecule is [2H]c1c([2H])c([2H])c(-c2cccc(-c3c4c([2H])c([2H])c([2H])c([2H])c4c(-c4ccc5cc(-n6c(C([2H])([2H])C([2H])([2H])[2H])nc7ccccc76)ccc5c4)c4c([2H])c([2H])c([2H])c([2H])c34)c2)c([2H])c1[2H]. The van der Waals surface area contributed by atoms with Gasteiger partial charge in [0.05, 0.1) is 28.9 Å². The number of fused-ring (bicyclic) bond motifs is 4. The summed E-state index contributed by atoms with van der Waals surface area (Å²) in [6, 6.07) is 15.8. The molecule has 0 saturated carbocycles. The van der Waals surface area contributed by atoms with Crippen LogP contribution in [0.5, 0.6) is 0 Å². The van der Waals surface area contributed by atoms with E-state index >= 15 is 0 Å². The zero-order valence-corrected chi connectivity index (χ0v) is 24.5. The standard InChI is InChI=1S/C45H32N2/c1-2-43-46-41-21-10-11-22-42(41)47(43)36-26-25-32-28-35(24-23-33(32)29-36)45-39-19-8-6-17-37(39)44(38-18-7-9-20-40(38)45)34-16-12-15-31(27-34)30-13-4-3-5-14-30/h3-29H,2H2,1H3/i1D3,2D2,3D,4D,5D,6D,7D,8D,9D,13D,14D,17D,18D,19D,20D. The Morgan fingerprint density at radius 1 is 0.574 bits per heavy atom. The van der Waals surface area contributed by atoms with Crippen LogP contribution in [0.15, 0.2) is 163 Å². The average Bonchev–Trinajstić information content (AvgIpc) is 3.69. The molecule has 0 bridgehead atoms. The van der Waals surface area contributed by atoms with Crippen molar-refractivity contribution in [2.45, 2.75) is 13.2 Å². The van der Waals surface area contributed by atoms with Crippen molar-refractivity contribution in [3.8, 4) is 39.1 Å². The predicted octanol–water partition coefficient (Wildman–Crippen LogP) is 12.0. The second kappa shape index (κ2) is 11.1. The number of aryl methyl sites for hydroxylation is 1. The third-order valence-electron chi connectivity index (χ3n) is 8.36. The van der Waals surface area contributed by atoms with E-state index in [0.717, 1.165) is 0 Å². The Morgan fingerprint density at radius 2 is 1.19 bits per heavy atom. The molecule has 0 atom stereocenters. The zero-order valence-electron chi connectivity index (χ0n) is 42.5. The smallest absolute Gasteiger partial charge is 0.114 e. The highest BCUT2D eigenvalue weighted by atomic mass is 15.1. The molecule has 9 rings (SSSR count). The van der Waals surface area contributed by atoms with E-state index in [1.165, 1.54) is 22.8 Å². The fourth-order valence-corrected chi connectivity index (χ4v) is 6.33. The van der Waals surface area contributed by atoms with Gasteiger partial charge in [0.15, 0.2) is 0 Å². The molecule has 0 amide bonds. The van der Waals surface area contributed by atoms with Crippen molar-refractivity contribution < 1.29 is 24.7 Å². The van der Waals surface area contributed by atoms with Crippen LogP contribution in [0.3, 0.4) is 0 Å². The van der Waals surface area contributed by atoms with Crippen LogP contribution in [0.25, 0.3) is 82.4 Å². The molecule has 0 radical (unpaired) electrons. The summed E-state index contributed by atoms with van der Waals surface area (Å²) < 4.78 is 157. The molecule has 1 aromatic heterocycles. The summed E-state index contributed by atoms with van der Waals surface area (Å²) in [7, 11) is 0. The molecule has 0 saturated heterocycles. The van der Waals surface area contributed by atoms with Crippen molar-refractivity contribution in [2.75, 3.05) is 0 Å². The first kappa shape index (κ1) is 14.6. The van der Waals surface area contributed by atoms with E-state index in [0.29, 0.717) is 33.1 Å². The second-order valence-electron chi connectivity index (χ2n) is 11.0. The highest BCUT2D eigenvalue weighted by molar-refractivity contribution is 6.21. The normalized spacial score (nSPS) is 17.6. The van der Waals surface area contributed by atoms with Crippen molar-refractivity contribution in [3.63, 3.8) is 0 Å². The van der Waals surface area contributed by atoms with Gasteiger partial charge in [-0.05, 0) is 102 Å². The number of hydrogen-bond donors (Lipinski definition) is 0. The minimum Gasteiger partial charge on any atom is -0.296 e. The van der Waals surface area contributed by atoms with Crippen molar-refractivity contribution >= 4 is 43.4 Å². The molecule has 1 heterocycles. The summed E-state index contributed by atoms with van der Waals surface area (Å²) in [5.74, 6) is -0.324. The van der Waals surface area contributed by atoms with Gasteiger partial charge in [0, 0.05) is 18.9 Å². The Morgan fingerprint density at radius 3 is 1.91 bits per heavy atom. The summed E-state index contributed by atoms with van der Waals surface area (Å²) in [5, 5.41) is 0.862. The molecule has 222 valence electrons. The maximum atomic E-state index is 9.35. The number of aromatic nitrogens is 2. The molecular weight excluding hydrogens is 569 g/mol. The third-order valence-corrected chi connectivity index (χ3v) is 8.36. The summed E-state index contributed by atoms with van der Waals surface area (Å²) in [6.07, 6.45) is -2.85. The molecular formula is C45H32N2. The highest BCUT2D eigenvalue weighted by Crippen LogP contribution is 2.44. The Kier molecular flexibility index (Phi) is 3.46. The maximum Gasteiger partial charge on any atom is 0.114 e. The lowest BCUT2D eigenvalue weighted by molar-refractivity contribution is 0.909. The van der Waals surface area contributed by atoms with Crippen molar-refractivity contribution in [3.05, 3.63) is 169 Å². The lowest BCUT2D eigenvalue weighted by atomic mass is 9.85. The topological polar surface area (TPSA) is 17.8 Å². The van der Waals surface area contributed by atoms with Gasteiger partial charge in [-0.25, -0.2) is 4.98 Å². The van der Waals surface area contributed by atoms with Gasteiger partial charge in [0.1, 0.15) is 5.82 Å². The number of imidazole rings is 1. The minimum atomic E-state index is -3.06. The Balaban J connectivity index is 1.36. The molecule has 0 N–H and O–H groups in total. The summed E-state index contributed by atoms with van der Waals surface area (Å²) in [5.41, 5.74) is 1.86. The van der Waals surface area contributed by atoms with Crippen LogP contribution in [0.4, 0.5) is 0 Å². The Hall–Kier alpha value is -5.99. The van der Waals surface area contributed by atoms with Crippen LogP contribution in [0, 0.1) is 0 Å². The number of para-hydroxylation sites is 2. The predicted molar refractivity (Wildman–Crippen MR) is 199 cm³/mol. The van der Waals surface area contributed by atoms with Crippen molar-refractivity contribution in [1.29, 1.82) is 0 Å². The van der Waals surface area contributed by atoms with Crippen LogP contribution in [0.2, 0.25) is 0 Å². The second-order valence-corrected chi connectivity index (χ2v) is 11.0. The molecule has 0 unspecified atom stereocenters. The summed E-state index contributed by atoms with van der Waals surface area (Å²) in [6.45, 7) is -3.06. The van der Waals surface area contributed by atoms with E-state index in [4.69, 9.17) is 19.2 Å². The monoisotopic (exact) mass is 618 g/mol. The van der Waals surface area contributed by atoms with E-state index in [9.17, 15) is 5.48 Å². The first-order valence-corrected chi connectivity index (χ1v) is 14.7. The van der Waals surface area contributed by atoms with Gasteiger partial charge >= 0.3 is 0 Å². The van der Waals surface area contributed by atoms with Crippen LogP contribution in [-0.2, 0) is 6.37 Å². The molecule has 47 heavy (non-hydrogen) atoms. The van der Waals surface area contributed by atoms with E-state index in [2.05, 4.69) is 4.98 Å². The van der Waals surface area contributed by atoms with Crippen LogP contribution >= 0.6 is 0 Å². The van der Waals surface area contributed by atoms with E-state index in [-0.39, 0.29) is 55.2 Å². The summed E-state index contributed by atoms with van der Waals surface area (Å²) >= 11 is 0. The van der Waals surface area contributed by atoms with Crippen molar-refractivity contribution in [1.82, 2.24) is 9.55 Å². The quantitative estimate of drug-likeness (QED) is 0.175. The van der Waals surface area contributed by atoms with Crippen LogP contribution < -0.4 is 0 Å². The molecule has 2 heteroatoms. The van der Waals surface area contributed by atoms with Gasteiger partial charge < -0.3 is 0 Å². The first-order valence-electron chi connectivity index (χ1n) is 23.7. The summed E-state index contributed by atoms with van der Waals surface area (Å²) in [4.78, 5) is 4.41. The zero-order chi connectivity index (χ0) is 46.9. The lowest BCUT2D eigenvalue weighted by Gasteiger charge is -2.18. The molecule has 0 aliphatic carbocycles. The van der Waals surface area contributed by atoms with Gasteiger partial charge in [0.2, 0.25) is 0 Å². The molecule has 0 fully saturated rings. The van der Waals surface area contributed by atoms with Gasteiger partial charge in [-0.1, -0.05) is 134 Å². The lowest BCUT2D eigenvalue weighted by Crippen LogP contribution is -2.00. The van der Waals surface area contributed by atoms with Gasteiger partial charge in [-0.2, -0.15) is 0 Å². The van der Waals surface area contributed by atoms with Crippen LogP contribution in [0.1, 0.15) is 37.3 Å². The minimum absolute atomic E-state index is 0.0117. The molecule has 0 aliphatic rings. The van der Waals surface area contributed by atoms with Crippen molar-refractivity contribution in [2.24, 2.45) is 0 Å². The van der Waals surface area contributed by atoms with E-state index in [1.54, 1.807) is 66.7 Å². The number of benzene rings is 8. The number of nitrogens with zero attached hydrogens (tertiary/aromatic N) is 2. The maximum absolute atomic E-state index is 9.35. The molecule has 0 spiro atoms. The molecule has 0 aliphatic heterocycles. The third kappa shape index (κ3) is 4.53. The van der Waals surface area contributed by atoms with Crippen LogP contribution in [-0.4, -0.2) is 9.55 Å². The Labute approximate surface area is 299 Å². The van der Waals surface area contributed by atoms with Gasteiger partial charge in [-0.3, -0.25) is 4.57 Å². The number of hydrogen-bond acceptors (Lipinski definition) is 1. The first-order chi connectivity index (χ1) is 30.6. The fourth-order valence-electron chi connectivity index (χ4n) is 6.33. The van der Waals surface area contributed by atoms with Gasteiger partial charge in [-0.15, -0.1) is 0 Å². The molecule has 8 aromatic carbocycles. The molecule has 9 aromatic rings. The van der Waals surface area contributed by atoms with Gasteiger partial charge in [0.25, 0.3) is 0 Å². The number of rotatable bonds is 5. The largest absolute Gasteiger partial charge is 0.296 e. The highest BCUT2D eigenvalue weighted by Gasteiger charge is 2.18. The van der Waals surface area contributed by atoms with E-state index in [1.807, 2.05) is 0 Å². The Bertz CT molecular complexity index is 3450.